The Balaban J connectivity index is 1.44. The lowest BCUT2D eigenvalue weighted by molar-refractivity contribution is -0.120. The van der Waals surface area contributed by atoms with E-state index in [-0.39, 0.29) is 29.6 Å². The molecule has 1 aromatic heterocycles. The van der Waals surface area contributed by atoms with E-state index >= 15 is 0 Å². The molecule has 166 valence electrons. The van der Waals surface area contributed by atoms with Crippen LogP contribution in [0.15, 0.2) is 29.2 Å². The van der Waals surface area contributed by atoms with Crippen molar-refractivity contribution in [3.63, 3.8) is 0 Å². The van der Waals surface area contributed by atoms with E-state index in [4.69, 9.17) is 16.3 Å². The zero-order valence-electron chi connectivity index (χ0n) is 16.8. The van der Waals surface area contributed by atoms with Crippen LogP contribution >= 0.6 is 11.6 Å². The number of halogens is 3. The second-order valence-electron chi connectivity index (χ2n) is 7.91. The standard InChI is InChI=1S/C21H23ClF2N4O3/c22-20-18(25-10-13-2-1-5-31-12-13)11-26-28(21(20)30)16-3-4-27(19(29)9-16)17-7-14(23)6-15(24)8-17/h6-8,11,13,16,25H,1-5,9-10,12H2/t13-,16+/m0/s1. The minimum Gasteiger partial charge on any atom is -0.382 e. The number of nitrogens with zero attached hydrogens (tertiary/aromatic N) is 3. The van der Waals surface area contributed by atoms with E-state index in [1.807, 2.05) is 0 Å². The molecule has 4 rings (SSSR count). The number of anilines is 2. The zero-order chi connectivity index (χ0) is 22.0. The maximum absolute atomic E-state index is 13.5. The van der Waals surface area contributed by atoms with Gasteiger partial charge in [0, 0.05) is 37.9 Å². The van der Waals surface area contributed by atoms with Crippen molar-refractivity contribution in [1.29, 1.82) is 0 Å². The van der Waals surface area contributed by atoms with Crippen molar-refractivity contribution in [1.82, 2.24) is 9.78 Å². The van der Waals surface area contributed by atoms with Crippen LogP contribution in [0.1, 0.15) is 31.7 Å². The molecular weight excluding hydrogens is 430 g/mol. The first kappa shape index (κ1) is 21.7. The van der Waals surface area contributed by atoms with Crippen LogP contribution in [0.5, 0.6) is 0 Å². The highest BCUT2D eigenvalue weighted by molar-refractivity contribution is 6.32. The molecule has 10 heteroatoms. The summed E-state index contributed by atoms with van der Waals surface area (Å²) in [7, 11) is 0. The SMILES string of the molecule is O=C1C[C@H](n2ncc(NC[C@@H]3CCCOC3)c(Cl)c2=O)CCN1c1cc(F)cc(F)c1. The fourth-order valence-corrected chi connectivity index (χ4v) is 4.25. The Kier molecular flexibility index (Phi) is 6.52. The summed E-state index contributed by atoms with van der Waals surface area (Å²) in [5, 5.41) is 7.41. The molecule has 0 spiro atoms. The Morgan fingerprint density at radius 3 is 2.65 bits per heavy atom. The van der Waals surface area contributed by atoms with E-state index < -0.39 is 23.2 Å². The molecular formula is C21H23ClF2N4O3. The van der Waals surface area contributed by atoms with Gasteiger partial charge >= 0.3 is 0 Å². The number of rotatable bonds is 5. The minimum absolute atomic E-state index is 0.0203. The Morgan fingerprint density at radius 1 is 1.19 bits per heavy atom. The highest BCUT2D eigenvalue weighted by Crippen LogP contribution is 2.28. The molecule has 0 saturated carbocycles. The molecule has 31 heavy (non-hydrogen) atoms. The first-order valence-electron chi connectivity index (χ1n) is 10.3. The van der Waals surface area contributed by atoms with Crippen LogP contribution in [0.4, 0.5) is 20.2 Å². The summed E-state index contributed by atoms with van der Waals surface area (Å²) in [5.74, 6) is -1.50. The number of hydrogen-bond acceptors (Lipinski definition) is 5. The fraction of sp³-hybridized carbons (Fsp3) is 0.476. The first-order valence-corrected chi connectivity index (χ1v) is 10.7. The Morgan fingerprint density at radius 2 is 1.97 bits per heavy atom. The van der Waals surface area contributed by atoms with Gasteiger partial charge < -0.3 is 15.0 Å². The van der Waals surface area contributed by atoms with Gasteiger partial charge in [-0.15, -0.1) is 0 Å². The summed E-state index contributed by atoms with van der Waals surface area (Å²) in [4.78, 5) is 26.7. The molecule has 3 heterocycles. The lowest BCUT2D eigenvalue weighted by Crippen LogP contribution is -2.42. The fourth-order valence-electron chi connectivity index (χ4n) is 4.04. The molecule has 0 bridgehead atoms. The van der Waals surface area contributed by atoms with Crippen LogP contribution in [0.3, 0.4) is 0 Å². The van der Waals surface area contributed by atoms with Gasteiger partial charge in [-0.05, 0) is 37.3 Å². The third-order valence-electron chi connectivity index (χ3n) is 5.68. The largest absolute Gasteiger partial charge is 0.382 e. The normalized spacial score (nSPS) is 21.9. The van der Waals surface area contributed by atoms with Crippen LogP contribution < -0.4 is 15.8 Å². The number of carbonyl (C=O) groups excluding carboxylic acids is 1. The van der Waals surface area contributed by atoms with Crippen molar-refractivity contribution < 1.29 is 18.3 Å². The summed E-state index contributed by atoms with van der Waals surface area (Å²) in [6.07, 6.45) is 3.93. The van der Waals surface area contributed by atoms with Gasteiger partial charge in [-0.2, -0.15) is 5.10 Å². The second-order valence-corrected chi connectivity index (χ2v) is 8.28. The van der Waals surface area contributed by atoms with Gasteiger partial charge in [0.25, 0.3) is 5.56 Å². The first-order chi connectivity index (χ1) is 14.9. The monoisotopic (exact) mass is 452 g/mol. The lowest BCUT2D eigenvalue weighted by atomic mass is 10.0. The number of nitrogens with one attached hydrogen (secondary N) is 1. The number of piperidine rings is 1. The van der Waals surface area contributed by atoms with E-state index in [0.717, 1.165) is 37.6 Å². The molecule has 1 aromatic carbocycles. The van der Waals surface area contributed by atoms with Crippen molar-refractivity contribution >= 4 is 28.9 Å². The predicted octanol–water partition coefficient (Wildman–Crippen LogP) is 3.38. The van der Waals surface area contributed by atoms with E-state index in [0.29, 0.717) is 31.2 Å². The average Bonchev–Trinajstić information content (AvgIpc) is 2.75. The molecule has 0 radical (unpaired) electrons. The quantitative estimate of drug-likeness (QED) is 0.752. The smallest absolute Gasteiger partial charge is 0.287 e. The third kappa shape index (κ3) is 4.88. The number of hydrogen-bond donors (Lipinski definition) is 1. The summed E-state index contributed by atoms with van der Waals surface area (Å²) in [6.45, 7) is 2.29. The van der Waals surface area contributed by atoms with Crippen LogP contribution in [-0.2, 0) is 9.53 Å². The second kappa shape index (κ2) is 9.32. The predicted molar refractivity (Wildman–Crippen MR) is 113 cm³/mol. The molecule has 2 saturated heterocycles. The van der Waals surface area contributed by atoms with E-state index in [1.165, 1.54) is 15.8 Å². The molecule has 2 aliphatic rings. The highest BCUT2D eigenvalue weighted by atomic mass is 35.5. The van der Waals surface area contributed by atoms with Gasteiger partial charge in [0.15, 0.2) is 0 Å². The molecule has 7 nitrogen and oxygen atoms in total. The lowest BCUT2D eigenvalue weighted by Gasteiger charge is -2.32. The zero-order valence-corrected chi connectivity index (χ0v) is 17.6. The van der Waals surface area contributed by atoms with Crippen LogP contribution in [0.25, 0.3) is 0 Å². The van der Waals surface area contributed by atoms with E-state index in [2.05, 4.69) is 10.4 Å². The van der Waals surface area contributed by atoms with Crippen molar-refractivity contribution in [3.05, 3.63) is 51.4 Å². The number of ether oxygens (including phenoxy) is 1. The Labute approximate surface area is 182 Å². The van der Waals surface area contributed by atoms with Gasteiger partial charge in [-0.1, -0.05) is 11.6 Å². The molecule has 2 atom stereocenters. The summed E-state index contributed by atoms with van der Waals surface area (Å²) in [6, 6.07) is 2.50. The van der Waals surface area contributed by atoms with Gasteiger partial charge in [0.05, 0.1) is 24.5 Å². The molecule has 0 unspecified atom stereocenters. The van der Waals surface area contributed by atoms with Crippen LogP contribution in [0.2, 0.25) is 5.02 Å². The van der Waals surface area contributed by atoms with Crippen molar-refractivity contribution in [2.45, 2.75) is 31.7 Å². The maximum Gasteiger partial charge on any atom is 0.287 e. The van der Waals surface area contributed by atoms with Crippen LogP contribution in [-0.4, -0.2) is 42.0 Å². The van der Waals surface area contributed by atoms with Gasteiger partial charge in [0.2, 0.25) is 5.91 Å². The number of carbonyl (C=O) groups is 1. The van der Waals surface area contributed by atoms with Crippen LogP contribution in [0, 0.1) is 17.6 Å². The van der Waals surface area contributed by atoms with E-state index in [1.54, 1.807) is 0 Å². The van der Waals surface area contributed by atoms with Crippen molar-refractivity contribution in [3.8, 4) is 0 Å². The third-order valence-corrected chi connectivity index (χ3v) is 6.05. The summed E-state index contributed by atoms with van der Waals surface area (Å²) >= 11 is 6.29. The maximum atomic E-state index is 13.5. The number of aromatic nitrogens is 2. The summed E-state index contributed by atoms with van der Waals surface area (Å²) in [5.41, 5.74) is 0.132. The molecule has 2 fully saturated rings. The van der Waals surface area contributed by atoms with Gasteiger partial charge in [-0.25, -0.2) is 13.5 Å². The molecule has 0 aliphatic carbocycles. The van der Waals surface area contributed by atoms with Crippen molar-refractivity contribution in [2.24, 2.45) is 5.92 Å². The molecule has 2 aliphatic heterocycles. The number of benzene rings is 1. The minimum atomic E-state index is -0.752. The number of amides is 1. The van der Waals surface area contributed by atoms with Gasteiger partial charge in [0.1, 0.15) is 16.7 Å². The molecule has 1 amide bonds. The summed E-state index contributed by atoms with van der Waals surface area (Å²) < 4.78 is 33.7. The Hall–Kier alpha value is -2.52. The van der Waals surface area contributed by atoms with Crippen molar-refractivity contribution in [2.75, 3.05) is 36.5 Å². The highest BCUT2D eigenvalue weighted by Gasteiger charge is 2.30. The topological polar surface area (TPSA) is 76.5 Å². The van der Waals surface area contributed by atoms with Gasteiger partial charge in [-0.3, -0.25) is 9.59 Å². The molecule has 1 N–H and O–H groups in total. The Bertz CT molecular complexity index is 1010. The molecule has 2 aromatic rings. The average molecular weight is 453 g/mol. The van der Waals surface area contributed by atoms with E-state index in [9.17, 15) is 18.4 Å².